The highest BCUT2D eigenvalue weighted by molar-refractivity contribution is 5.97. The van der Waals surface area contributed by atoms with Crippen LogP contribution in [-0.4, -0.2) is 24.0 Å². The van der Waals surface area contributed by atoms with Crippen LogP contribution in [0.15, 0.2) is 24.3 Å². The Balaban J connectivity index is 2.85. The normalized spacial score (nSPS) is 13.6. The summed E-state index contributed by atoms with van der Waals surface area (Å²) in [4.78, 5) is 23.2. The van der Waals surface area contributed by atoms with Crippen LogP contribution in [0, 0.1) is 5.92 Å². The van der Waals surface area contributed by atoms with E-state index in [1.807, 2.05) is 6.92 Å². The lowest BCUT2D eigenvalue weighted by Gasteiger charge is -2.31. The lowest BCUT2D eigenvalue weighted by Crippen LogP contribution is -2.52. The summed E-state index contributed by atoms with van der Waals surface area (Å²) in [6.45, 7) is 6.45. The molecule has 0 fully saturated rings. The van der Waals surface area contributed by atoms with E-state index in [2.05, 4.69) is 24.5 Å². The number of primary amides is 1. The molecular weight excluding hydrogens is 268 g/mol. The zero-order valence-electron chi connectivity index (χ0n) is 12.8. The molecule has 1 aromatic rings. The molecule has 0 heterocycles. The molecule has 0 aliphatic rings. The number of anilines is 1. The average Bonchev–Trinajstić information content (AvgIpc) is 2.37. The van der Waals surface area contributed by atoms with Crippen molar-refractivity contribution in [3.8, 4) is 0 Å². The number of hydrogen-bond acceptors (Lipinski definition) is 3. The predicted octanol–water partition coefficient (Wildman–Crippen LogP) is 1.67. The van der Waals surface area contributed by atoms with Crippen molar-refractivity contribution in [3.63, 3.8) is 0 Å². The van der Waals surface area contributed by atoms with Gasteiger partial charge in [-0.3, -0.25) is 4.79 Å². The minimum atomic E-state index is -0.667. The molecule has 1 aromatic carbocycles. The first-order chi connectivity index (χ1) is 9.75. The Labute approximate surface area is 125 Å². The van der Waals surface area contributed by atoms with Crippen molar-refractivity contribution in [1.29, 1.82) is 0 Å². The van der Waals surface area contributed by atoms with Gasteiger partial charge >= 0.3 is 6.03 Å². The van der Waals surface area contributed by atoms with Gasteiger partial charge in [-0.15, -0.1) is 0 Å². The van der Waals surface area contributed by atoms with Crippen molar-refractivity contribution in [1.82, 2.24) is 5.32 Å². The lowest BCUT2D eigenvalue weighted by atomic mass is 9.90. The molecule has 0 saturated carbocycles. The van der Waals surface area contributed by atoms with Crippen molar-refractivity contribution in [2.75, 3.05) is 11.9 Å². The van der Waals surface area contributed by atoms with E-state index in [9.17, 15) is 9.59 Å². The van der Waals surface area contributed by atoms with Crippen molar-refractivity contribution >= 4 is 17.6 Å². The third kappa shape index (κ3) is 5.43. The Kier molecular flexibility index (Phi) is 5.72. The number of amides is 3. The first-order valence-electron chi connectivity index (χ1n) is 6.95. The van der Waals surface area contributed by atoms with Gasteiger partial charge in [-0.2, -0.15) is 0 Å². The van der Waals surface area contributed by atoms with Gasteiger partial charge in [0.15, 0.2) is 0 Å². The number of hydrogen-bond donors (Lipinski definition) is 4. The van der Waals surface area contributed by atoms with E-state index in [0.717, 1.165) is 6.42 Å². The molecule has 1 unspecified atom stereocenters. The highest BCUT2D eigenvalue weighted by Crippen LogP contribution is 2.17. The fourth-order valence-corrected chi connectivity index (χ4v) is 2.31. The molecule has 1 atom stereocenters. The second kappa shape index (κ2) is 7.08. The van der Waals surface area contributed by atoms with Crippen LogP contribution in [0.4, 0.5) is 10.5 Å². The van der Waals surface area contributed by atoms with Crippen LogP contribution in [0.1, 0.15) is 37.6 Å². The van der Waals surface area contributed by atoms with Gasteiger partial charge in [-0.25, -0.2) is 4.79 Å². The number of urea groups is 1. The van der Waals surface area contributed by atoms with Gasteiger partial charge in [-0.05, 0) is 37.5 Å². The number of nitrogens with two attached hydrogens (primary N) is 2. The Bertz CT molecular complexity index is 516. The summed E-state index contributed by atoms with van der Waals surface area (Å²) in [6, 6.07) is 5.93. The van der Waals surface area contributed by atoms with Crippen LogP contribution >= 0.6 is 0 Å². The van der Waals surface area contributed by atoms with Gasteiger partial charge in [-0.1, -0.05) is 19.9 Å². The summed E-state index contributed by atoms with van der Waals surface area (Å²) in [5, 5.41) is 5.41. The van der Waals surface area contributed by atoms with Gasteiger partial charge in [0.2, 0.25) is 0 Å². The number of carbonyl (C=O) groups excluding carboxylic acids is 2. The second-order valence-corrected chi connectivity index (χ2v) is 5.89. The van der Waals surface area contributed by atoms with E-state index in [1.165, 1.54) is 0 Å². The fourth-order valence-electron chi connectivity index (χ4n) is 2.31. The Morgan fingerprint density at radius 3 is 2.52 bits per heavy atom. The van der Waals surface area contributed by atoms with Crippen molar-refractivity contribution in [2.24, 2.45) is 17.4 Å². The molecule has 3 amide bonds. The Hall–Kier alpha value is -2.08. The number of rotatable bonds is 6. The molecule has 1 rings (SSSR count). The predicted molar refractivity (Wildman–Crippen MR) is 84.0 cm³/mol. The van der Waals surface area contributed by atoms with Gasteiger partial charge in [0.25, 0.3) is 5.91 Å². The maximum absolute atomic E-state index is 12.3. The van der Waals surface area contributed by atoms with Crippen LogP contribution < -0.4 is 22.1 Å². The minimum absolute atomic E-state index is 0.225. The molecular formula is C15H24N4O2. The highest BCUT2D eigenvalue weighted by Gasteiger charge is 2.26. The first kappa shape index (κ1) is 17.0. The summed E-state index contributed by atoms with van der Waals surface area (Å²) in [7, 11) is 0. The van der Waals surface area contributed by atoms with Gasteiger partial charge in [0.1, 0.15) is 0 Å². The summed E-state index contributed by atoms with van der Waals surface area (Å²) >= 11 is 0. The molecule has 116 valence electrons. The molecule has 21 heavy (non-hydrogen) atoms. The van der Waals surface area contributed by atoms with E-state index in [0.29, 0.717) is 23.7 Å². The molecule has 0 saturated heterocycles. The summed E-state index contributed by atoms with van der Waals surface area (Å²) in [5.41, 5.74) is 11.3. The fraction of sp³-hybridized carbons (Fsp3) is 0.467. The lowest BCUT2D eigenvalue weighted by molar-refractivity contribution is 0.0898. The van der Waals surface area contributed by atoms with Gasteiger partial charge in [0, 0.05) is 23.3 Å². The van der Waals surface area contributed by atoms with Crippen LogP contribution in [0.5, 0.6) is 0 Å². The molecule has 0 aliphatic heterocycles. The van der Waals surface area contributed by atoms with E-state index < -0.39 is 11.6 Å². The smallest absolute Gasteiger partial charge is 0.316 e. The Morgan fingerprint density at radius 1 is 1.33 bits per heavy atom. The maximum Gasteiger partial charge on any atom is 0.316 e. The maximum atomic E-state index is 12.3. The minimum Gasteiger partial charge on any atom is -0.351 e. The van der Waals surface area contributed by atoms with Crippen molar-refractivity contribution in [3.05, 3.63) is 29.8 Å². The van der Waals surface area contributed by atoms with E-state index in [4.69, 9.17) is 11.5 Å². The molecule has 0 spiro atoms. The van der Waals surface area contributed by atoms with E-state index >= 15 is 0 Å². The summed E-state index contributed by atoms with van der Waals surface area (Å²) in [5.74, 6) is 0.193. The zero-order valence-corrected chi connectivity index (χ0v) is 12.8. The van der Waals surface area contributed by atoms with E-state index in [-0.39, 0.29) is 5.91 Å². The molecule has 0 aliphatic carbocycles. The number of nitrogens with one attached hydrogen (secondary N) is 2. The van der Waals surface area contributed by atoms with Crippen molar-refractivity contribution in [2.45, 2.75) is 32.7 Å². The van der Waals surface area contributed by atoms with Gasteiger partial charge < -0.3 is 22.1 Å². The quantitative estimate of drug-likeness (QED) is 0.640. The molecule has 6 heteroatoms. The third-order valence-corrected chi connectivity index (χ3v) is 3.12. The topological polar surface area (TPSA) is 110 Å². The molecule has 0 aromatic heterocycles. The first-order valence-corrected chi connectivity index (χ1v) is 6.95. The SMILES string of the molecule is CC(C)CC(C)(CN)NC(=O)c1cccc(NC(N)=O)c1. The van der Waals surface area contributed by atoms with Crippen LogP contribution in [0.25, 0.3) is 0 Å². The molecule has 6 N–H and O–H groups in total. The third-order valence-electron chi connectivity index (χ3n) is 3.12. The number of benzene rings is 1. The van der Waals surface area contributed by atoms with E-state index in [1.54, 1.807) is 24.3 Å². The van der Waals surface area contributed by atoms with Gasteiger partial charge in [0.05, 0.1) is 0 Å². The number of carbonyl (C=O) groups is 2. The monoisotopic (exact) mass is 292 g/mol. The zero-order chi connectivity index (χ0) is 16.0. The van der Waals surface area contributed by atoms with Crippen LogP contribution in [-0.2, 0) is 0 Å². The molecule has 6 nitrogen and oxygen atoms in total. The summed E-state index contributed by atoms with van der Waals surface area (Å²) < 4.78 is 0. The van der Waals surface area contributed by atoms with Crippen molar-refractivity contribution < 1.29 is 9.59 Å². The molecule has 0 bridgehead atoms. The summed E-state index contributed by atoms with van der Waals surface area (Å²) in [6.07, 6.45) is 0.786. The standard InChI is InChI=1S/C15H24N4O2/c1-10(2)8-15(3,9-16)19-13(20)11-5-4-6-12(7-11)18-14(17)21/h4-7,10H,8-9,16H2,1-3H3,(H,19,20)(H3,17,18,21). The van der Waals surface area contributed by atoms with Crippen LogP contribution in [0.3, 0.4) is 0 Å². The Morgan fingerprint density at radius 2 is 2.00 bits per heavy atom. The second-order valence-electron chi connectivity index (χ2n) is 5.89. The highest BCUT2D eigenvalue weighted by atomic mass is 16.2. The van der Waals surface area contributed by atoms with Crippen LogP contribution in [0.2, 0.25) is 0 Å². The molecule has 0 radical (unpaired) electrons. The largest absolute Gasteiger partial charge is 0.351 e. The average molecular weight is 292 g/mol.